The number of benzene rings is 2. The third-order valence-electron chi connectivity index (χ3n) is 2.20. The van der Waals surface area contributed by atoms with Gasteiger partial charge in [0.05, 0.1) is 12.0 Å². The predicted octanol–water partition coefficient (Wildman–Crippen LogP) is 3.58. The van der Waals surface area contributed by atoms with Crippen LogP contribution in [-0.4, -0.2) is 5.26 Å². The van der Waals surface area contributed by atoms with E-state index < -0.39 is 0 Å². The second-order valence-electron chi connectivity index (χ2n) is 3.19. The van der Waals surface area contributed by atoms with Crippen LogP contribution in [0.25, 0.3) is 10.8 Å². The summed E-state index contributed by atoms with van der Waals surface area (Å²) in [6.45, 7) is 2.03. The van der Waals surface area contributed by atoms with Crippen LogP contribution >= 0.6 is 12.0 Å². The van der Waals surface area contributed by atoms with Gasteiger partial charge in [0.15, 0.2) is 0 Å². The Balaban J connectivity index is 2.43. The Morgan fingerprint density at radius 1 is 1.20 bits per heavy atom. The summed E-state index contributed by atoms with van der Waals surface area (Å²) < 4.78 is 4.40. The van der Waals surface area contributed by atoms with Crippen molar-refractivity contribution >= 4 is 22.8 Å². The van der Waals surface area contributed by atoms with Gasteiger partial charge >= 0.3 is 0 Å². The van der Waals surface area contributed by atoms with Gasteiger partial charge in [-0.05, 0) is 35.4 Å². The van der Waals surface area contributed by atoms with Crippen LogP contribution in [0.15, 0.2) is 41.3 Å². The van der Waals surface area contributed by atoms with Gasteiger partial charge in [0, 0.05) is 4.90 Å². The molecule has 0 fully saturated rings. The fraction of sp³-hybridized carbons (Fsp3) is 0.0909. The number of hydrogen-bond acceptors (Lipinski definition) is 4. The van der Waals surface area contributed by atoms with Crippen molar-refractivity contribution in [1.82, 2.24) is 0 Å². The van der Waals surface area contributed by atoms with E-state index in [1.807, 2.05) is 37.3 Å². The van der Waals surface area contributed by atoms with E-state index in [2.05, 4.69) is 15.4 Å². The Morgan fingerprint density at radius 2 is 2.00 bits per heavy atom. The summed E-state index contributed by atoms with van der Waals surface area (Å²) in [6.07, 6.45) is 0. The first-order chi connectivity index (χ1) is 7.31. The van der Waals surface area contributed by atoms with Crippen molar-refractivity contribution < 1.29 is 14.6 Å². The van der Waals surface area contributed by atoms with Crippen LogP contribution in [0.3, 0.4) is 0 Å². The average Bonchev–Trinajstić information content (AvgIpc) is 2.26. The van der Waals surface area contributed by atoms with Crippen molar-refractivity contribution in [1.29, 1.82) is 0 Å². The highest BCUT2D eigenvalue weighted by atomic mass is 32.2. The summed E-state index contributed by atoms with van der Waals surface area (Å²) in [6, 6.07) is 12.1. The van der Waals surface area contributed by atoms with Gasteiger partial charge in [0.2, 0.25) is 0 Å². The van der Waals surface area contributed by atoms with E-state index in [4.69, 9.17) is 5.26 Å². The highest BCUT2D eigenvalue weighted by Gasteiger charge is 2.01. The Hall–Kier alpha value is -1.07. The molecule has 15 heavy (non-hydrogen) atoms. The molecule has 0 aromatic heterocycles. The highest BCUT2D eigenvalue weighted by molar-refractivity contribution is 7.94. The molecule has 0 atom stereocenters. The molecule has 0 amide bonds. The van der Waals surface area contributed by atoms with Crippen molar-refractivity contribution in [2.75, 3.05) is 0 Å². The Bertz CT molecular complexity index is 470. The average molecular weight is 222 g/mol. The van der Waals surface area contributed by atoms with E-state index in [0.717, 1.165) is 27.9 Å². The van der Waals surface area contributed by atoms with E-state index in [1.165, 1.54) is 5.39 Å². The van der Waals surface area contributed by atoms with Gasteiger partial charge in [-0.15, -0.1) is 4.33 Å². The zero-order chi connectivity index (χ0) is 10.7. The smallest absolute Gasteiger partial charge is 0.0714 e. The van der Waals surface area contributed by atoms with E-state index in [9.17, 15) is 0 Å². The SMILES string of the molecule is Cc1cc(SOOO)cc2ccccc12. The molecule has 0 aliphatic rings. The molecular weight excluding hydrogens is 212 g/mol. The first-order valence-electron chi connectivity index (χ1n) is 4.45. The van der Waals surface area contributed by atoms with Crippen molar-refractivity contribution in [2.45, 2.75) is 11.8 Å². The van der Waals surface area contributed by atoms with Gasteiger partial charge in [-0.3, -0.25) is 0 Å². The molecule has 0 saturated heterocycles. The normalized spacial score (nSPS) is 10.8. The lowest BCUT2D eigenvalue weighted by molar-refractivity contribution is -0.432. The third kappa shape index (κ3) is 2.30. The summed E-state index contributed by atoms with van der Waals surface area (Å²) in [5, 5.41) is 14.0. The summed E-state index contributed by atoms with van der Waals surface area (Å²) in [7, 11) is 0. The lowest BCUT2D eigenvalue weighted by Crippen LogP contribution is -1.82. The summed E-state index contributed by atoms with van der Waals surface area (Å²) >= 11 is 0.977. The second kappa shape index (κ2) is 4.63. The van der Waals surface area contributed by atoms with E-state index >= 15 is 0 Å². The molecule has 78 valence electrons. The zero-order valence-corrected chi connectivity index (χ0v) is 8.95. The monoisotopic (exact) mass is 222 g/mol. The summed E-state index contributed by atoms with van der Waals surface area (Å²) in [5.41, 5.74) is 1.16. The maximum atomic E-state index is 8.07. The molecule has 2 rings (SSSR count). The van der Waals surface area contributed by atoms with Crippen LogP contribution in [0.2, 0.25) is 0 Å². The van der Waals surface area contributed by atoms with Gasteiger partial charge in [-0.1, -0.05) is 29.3 Å². The summed E-state index contributed by atoms with van der Waals surface area (Å²) in [4.78, 5) is 0.889. The van der Waals surface area contributed by atoms with E-state index in [-0.39, 0.29) is 0 Å². The topological polar surface area (TPSA) is 38.7 Å². The summed E-state index contributed by atoms with van der Waals surface area (Å²) in [5.74, 6) is 0. The first-order valence-corrected chi connectivity index (χ1v) is 5.19. The fourth-order valence-electron chi connectivity index (χ4n) is 1.57. The van der Waals surface area contributed by atoms with Gasteiger partial charge in [0.1, 0.15) is 0 Å². The van der Waals surface area contributed by atoms with Crippen LogP contribution in [0.4, 0.5) is 0 Å². The maximum Gasteiger partial charge on any atom is 0.0714 e. The van der Waals surface area contributed by atoms with Crippen molar-refractivity contribution in [2.24, 2.45) is 0 Å². The van der Waals surface area contributed by atoms with Crippen molar-refractivity contribution in [3.63, 3.8) is 0 Å². The molecule has 0 aliphatic heterocycles. The maximum absolute atomic E-state index is 8.07. The van der Waals surface area contributed by atoms with Gasteiger partial charge in [-0.2, -0.15) is 0 Å². The number of aryl methyl sites for hydroxylation is 1. The Kier molecular flexibility index (Phi) is 3.23. The molecule has 4 heteroatoms. The molecule has 0 radical (unpaired) electrons. The van der Waals surface area contributed by atoms with Crippen LogP contribution < -0.4 is 0 Å². The van der Waals surface area contributed by atoms with E-state index in [1.54, 1.807) is 0 Å². The van der Waals surface area contributed by atoms with Crippen LogP contribution in [0, 0.1) is 6.92 Å². The highest BCUT2D eigenvalue weighted by Crippen LogP contribution is 2.27. The molecule has 1 N–H and O–H groups in total. The molecule has 2 aromatic carbocycles. The molecule has 0 spiro atoms. The standard InChI is InChI=1S/C11H10O3S/c1-8-6-10(15-14-13-12)7-9-4-2-3-5-11(8)9/h2-7,12H,1H3. The van der Waals surface area contributed by atoms with Crippen molar-refractivity contribution in [3.8, 4) is 0 Å². The van der Waals surface area contributed by atoms with Crippen LogP contribution in [0.1, 0.15) is 5.56 Å². The zero-order valence-electron chi connectivity index (χ0n) is 8.14. The second-order valence-corrected chi connectivity index (χ2v) is 3.96. The number of hydrogen-bond donors (Lipinski definition) is 1. The van der Waals surface area contributed by atoms with Gasteiger partial charge in [0.25, 0.3) is 0 Å². The number of rotatable bonds is 3. The van der Waals surface area contributed by atoms with Crippen molar-refractivity contribution in [3.05, 3.63) is 42.0 Å². The van der Waals surface area contributed by atoms with Gasteiger partial charge < -0.3 is 0 Å². The molecule has 0 unspecified atom stereocenters. The predicted molar refractivity (Wildman–Crippen MR) is 59.3 cm³/mol. The molecular formula is C11H10O3S. The third-order valence-corrected chi connectivity index (χ3v) is 2.76. The molecule has 0 heterocycles. The fourth-order valence-corrected chi connectivity index (χ4v) is 2.08. The quantitative estimate of drug-likeness (QED) is 0.489. The Morgan fingerprint density at radius 3 is 2.80 bits per heavy atom. The minimum absolute atomic E-state index is 0.889. The molecule has 0 bridgehead atoms. The number of fused-ring (bicyclic) bond motifs is 1. The van der Waals surface area contributed by atoms with Crippen LogP contribution in [-0.2, 0) is 9.37 Å². The minimum Gasteiger partial charge on any atom is -0.220 e. The molecule has 2 aromatic rings. The first kappa shape index (κ1) is 10.4. The Labute approximate surface area is 91.7 Å². The largest absolute Gasteiger partial charge is 0.220 e. The van der Waals surface area contributed by atoms with Gasteiger partial charge in [-0.25, -0.2) is 5.26 Å². The molecule has 0 saturated carbocycles. The van der Waals surface area contributed by atoms with E-state index in [0.29, 0.717) is 0 Å². The molecule has 0 aliphatic carbocycles. The lowest BCUT2D eigenvalue weighted by Gasteiger charge is -2.04. The molecule has 3 nitrogen and oxygen atoms in total. The minimum atomic E-state index is 0.889. The van der Waals surface area contributed by atoms with Crippen LogP contribution in [0.5, 0.6) is 0 Å². The lowest BCUT2D eigenvalue weighted by atomic mass is 10.1.